The fraction of sp³-hybridized carbons (Fsp3) is 0.118. The van der Waals surface area contributed by atoms with Crippen molar-refractivity contribution in [3.05, 3.63) is 71.4 Å². The van der Waals surface area contributed by atoms with Crippen molar-refractivity contribution in [1.82, 2.24) is 9.97 Å². The number of carbonyl (C=O) groups excluding carboxylic acids is 1. The first kappa shape index (κ1) is 14.4. The lowest BCUT2D eigenvalue weighted by atomic mass is 10.2. The van der Waals surface area contributed by atoms with Gasteiger partial charge in [-0.15, -0.1) is 11.3 Å². The van der Waals surface area contributed by atoms with Crippen molar-refractivity contribution in [2.75, 3.05) is 0 Å². The lowest BCUT2D eigenvalue weighted by Gasteiger charge is -2.02. The molecule has 0 aliphatic carbocycles. The molecule has 0 fully saturated rings. The Morgan fingerprint density at radius 1 is 1.09 bits per heavy atom. The number of hydrogen-bond donors (Lipinski definition) is 0. The first-order valence-corrected chi connectivity index (χ1v) is 7.74. The molecule has 1 aromatic carbocycles. The number of hydrogen-bond acceptors (Lipinski definition) is 5. The predicted molar refractivity (Wildman–Crippen MR) is 85.3 cm³/mol. The van der Waals surface area contributed by atoms with Crippen LogP contribution in [-0.4, -0.2) is 15.9 Å². The van der Waals surface area contributed by atoms with Gasteiger partial charge in [0.1, 0.15) is 11.6 Å². The van der Waals surface area contributed by atoms with Crippen LogP contribution < -0.4 is 0 Å². The van der Waals surface area contributed by atoms with E-state index in [9.17, 15) is 4.79 Å². The van der Waals surface area contributed by atoms with Gasteiger partial charge >= 0.3 is 5.97 Å². The van der Waals surface area contributed by atoms with Gasteiger partial charge in [-0.1, -0.05) is 36.4 Å². The summed E-state index contributed by atoms with van der Waals surface area (Å²) in [6.07, 6.45) is 2.01. The van der Waals surface area contributed by atoms with Gasteiger partial charge in [0.05, 0.1) is 17.8 Å². The molecule has 0 spiro atoms. The summed E-state index contributed by atoms with van der Waals surface area (Å²) in [5.41, 5.74) is 2.52. The summed E-state index contributed by atoms with van der Waals surface area (Å²) in [5, 5.41) is 2.72. The van der Waals surface area contributed by atoms with Crippen LogP contribution >= 0.6 is 11.3 Å². The Morgan fingerprint density at radius 2 is 1.91 bits per heavy atom. The van der Waals surface area contributed by atoms with Crippen LogP contribution in [0.1, 0.15) is 11.3 Å². The molecule has 0 radical (unpaired) electrons. The average Bonchev–Trinajstić information content (AvgIpc) is 3.04. The van der Waals surface area contributed by atoms with Crippen molar-refractivity contribution in [3.63, 3.8) is 0 Å². The molecule has 22 heavy (non-hydrogen) atoms. The second-order valence-electron chi connectivity index (χ2n) is 4.68. The fourth-order valence-corrected chi connectivity index (χ4v) is 2.73. The second-order valence-corrected chi connectivity index (χ2v) is 5.54. The Hall–Kier alpha value is -2.53. The van der Waals surface area contributed by atoms with E-state index in [1.807, 2.05) is 53.9 Å². The van der Waals surface area contributed by atoms with Crippen molar-refractivity contribution in [1.29, 1.82) is 0 Å². The molecule has 110 valence electrons. The van der Waals surface area contributed by atoms with Gasteiger partial charge in [-0.2, -0.15) is 0 Å². The smallest absolute Gasteiger partial charge is 0.310 e. The maximum atomic E-state index is 11.8. The SMILES string of the molecule is O=C(Cc1ccccc1)OCc1csc(-c2ccccn2)n1. The van der Waals surface area contributed by atoms with E-state index in [-0.39, 0.29) is 19.0 Å². The standard InChI is InChI=1S/C17H14N2O2S/c20-16(10-13-6-2-1-3-7-13)21-11-14-12-22-17(19-14)15-8-4-5-9-18-15/h1-9,12H,10-11H2. The molecule has 0 aliphatic heterocycles. The zero-order chi connectivity index (χ0) is 15.2. The third-order valence-electron chi connectivity index (χ3n) is 3.01. The highest BCUT2D eigenvalue weighted by molar-refractivity contribution is 7.13. The molecule has 3 aromatic rings. The molecule has 5 heteroatoms. The third-order valence-corrected chi connectivity index (χ3v) is 3.92. The highest BCUT2D eigenvalue weighted by Gasteiger charge is 2.09. The van der Waals surface area contributed by atoms with Crippen LogP contribution in [0.3, 0.4) is 0 Å². The van der Waals surface area contributed by atoms with Crippen LogP contribution in [0.15, 0.2) is 60.1 Å². The van der Waals surface area contributed by atoms with E-state index >= 15 is 0 Å². The minimum atomic E-state index is -0.251. The monoisotopic (exact) mass is 310 g/mol. The van der Waals surface area contributed by atoms with Crippen molar-refractivity contribution in [3.8, 4) is 10.7 Å². The molecule has 2 heterocycles. The zero-order valence-electron chi connectivity index (χ0n) is 11.8. The van der Waals surface area contributed by atoms with Crippen molar-refractivity contribution in [2.45, 2.75) is 13.0 Å². The number of nitrogens with zero attached hydrogens (tertiary/aromatic N) is 2. The van der Waals surface area contributed by atoms with Crippen molar-refractivity contribution < 1.29 is 9.53 Å². The maximum Gasteiger partial charge on any atom is 0.310 e. The maximum absolute atomic E-state index is 11.8. The lowest BCUT2D eigenvalue weighted by molar-refractivity contribution is -0.144. The summed E-state index contributed by atoms with van der Waals surface area (Å²) in [6.45, 7) is 0.189. The number of benzene rings is 1. The van der Waals surface area contributed by atoms with Crippen LogP contribution in [0, 0.1) is 0 Å². The summed E-state index contributed by atoms with van der Waals surface area (Å²) < 4.78 is 5.27. The molecular formula is C17H14N2O2S. The second kappa shape index (κ2) is 6.95. The van der Waals surface area contributed by atoms with E-state index in [1.165, 1.54) is 11.3 Å². The highest BCUT2D eigenvalue weighted by atomic mass is 32.1. The van der Waals surface area contributed by atoms with Crippen LogP contribution in [0.2, 0.25) is 0 Å². The van der Waals surface area contributed by atoms with Gasteiger partial charge in [0.15, 0.2) is 0 Å². The van der Waals surface area contributed by atoms with Gasteiger partial charge in [0.2, 0.25) is 0 Å². The highest BCUT2D eigenvalue weighted by Crippen LogP contribution is 2.21. The van der Waals surface area contributed by atoms with Gasteiger partial charge in [-0.05, 0) is 17.7 Å². The molecule has 0 atom stereocenters. The molecule has 0 saturated heterocycles. The van der Waals surface area contributed by atoms with Gasteiger partial charge in [-0.25, -0.2) is 4.98 Å². The molecule has 0 amide bonds. The predicted octanol–water partition coefficient (Wildman–Crippen LogP) is 3.49. The van der Waals surface area contributed by atoms with Crippen molar-refractivity contribution in [2.24, 2.45) is 0 Å². The molecule has 0 N–H and O–H groups in total. The van der Waals surface area contributed by atoms with Gasteiger partial charge in [0, 0.05) is 11.6 Å². The summed E-state index contributed by atoms with van der Waals surface area (Å²) in [4.78, 5) is 20.5. The van der Waals surface area contributed by atoms with E-state index in [0.717, 1.165) is 22.0 Å². The minimum absolute atomic E-state index is 0.189. The lowest BCUT2D eigenvalue weighted by Crippen LogP contribution is -2.08. The number of pyridine rings is 1. The molecule has 0 unspecified atom stereocenters. The first-order chi connectivity index (χ1) is 10.8. The minimum Gasteiger partial charge on any atom is -0.459 e. The normalized spacial score (nSPS) is 10.4. The van der Waals surface area contributed by atoms with Crippen LogP contribution in [0.25, 0.3) is 10.7 Å². The number of aromatic nitrogens is 2. The number of rotatable bonds is 5. The number of carbonyl (C=O) groups is 1. The van der Waals surface area contributed by atoms with Crippen LogP contribution in [-0.2, 0) is 22.6 Å². The van der Waals surface area contributed by atoms with Gasteiger partial charge < -0.3 is 4.74 Å². The fourth-order valence-electron chi connectivity index (χ4n) is 1.95. The average molecular weight is 310 g/mol. The Morgan fingerprint density at radius 3 is 2.68 bits per heavy atom. The Kier molecular flexibility index (Phi) is 4.56. The molecule has 0 aliphatic rings. The number of esters is 1. The largest absolute Gasteiger partial charge is 0.459 e. The van der Waals surface area contributed by atoms with Crippen LogP contribution in [0.4, 0.5) is 0 Å². The van der Waals surface area contributed by atoms with Crippen LogP contribution in [0.5, 0.6) is 0 Å². The molecule has 3 rings (SSSR count). The molecule has 0 bridgehead atoms. The Labute approximate surface area is 132 Å². The molecular weight excluding hydrogens is 296 g/mol. The summed E-state index contributed by atoms with van der Waals surface area (Å²) >= 11 is 1.49. The number of ether oxygens (including phenoxy) is 1. The first-order valence-electron chi connectivity index (χ1n) is 6.86. The Bertz CT molecular complexity index is 742. The molecule has 0 saturated carbocycles. The zero-order valence-corrected chi connectivity index (χ0v) is 12.6. The Balaban J connectivity index is 1.56. The third kappa shape index (κ3) is 3.77. The topological polar surface area (TPSA) is 52.1 Å². The summed E-state index contributed by atoms with van der Waals surface area (Å²) in [6, 6.07) is 15.2. The van der Waals surface area contributed by atoms with E-state index in [4.69, 9.17) is 4.74 Å². The van der Waals surface area contributed by atoms with E-state index in [2.05, 4.69) is 9.97 Å². The number of thiazole rings is 1. The summed E-state index contributed by atoms with van der Waals surface area (Å²) in [5.74, 6) is -0.251. The van der Waals surface area contributed by atoms with Gasteiger partial charge in [-0.3, -0.25) is 9.78 Å². The quantitative estimate of drug-likeness (QED) is 0.677. The molecule has 2 aromatic heterocycles. The van der Waals surface area contributed by atoms with E-state index < -0.39 is 0 Å². The van der Waals surface area contributed by atoms with E-state index in [1.54, 1.807) is 6.20 Å². The van der Waals surface area contributed by atoms with E-state index in [0.29, 0.717) is 0 Å². The summed E-state index contributed by atoms with van der Waals surface area (Å²) in [7, 11) is 0. The van der Waals surface area contributed by atoms with Gasteiger partial charge in [0.25, 0.3) is 0 Å². The molecule has 4 nitrogen and oxygen atoms in total. The van der Waals surface area contributed by atoms with Crippen molar-refractivity contribution >= 4 is 17.3 Å².